The van der Waals surface area contributed by atoms with Gasteiger partial charge in [0.25, 0.3) is 0 Å². The summed E-state index contributed by atoms with van der Waals surface area (Å²) in [6, 6.07) is 5.89. The van der Waals surface area contributed by atoms with Gasteiger partial charge in [-0.05, 0) is 31.0 Å². The van der Waals surface area contributed by atoms with E-state index in [0.717, 1.165) is 17.7 Å². The van der Waals surface area contributed by atoms with Crippen molar-refractivity contribution in [1.29, 1.82) is 5.26 Å². The first-order valence-corrected chi connectivity index (χ1v) is 5.93. The van der Waals surface area contributed by atoms with E-state index in [0.29, 0.717) is 16.5 Å². The number of hydrogen-bond donors (Lipinski definition) is 1. The summed E-state index contributed by atoms with van der Waals surface area (Å²) in [4.78, 5) is 0. The molecular weight excluding hydrogens is 243 g/mol. The minimum atomic E-state index is 0.112. The molecule has 0 bridgehead atoms. The van der Waals surface area contributed by atoms with Gasteiger partial charge in [-0.25, -0.2) is 0 Å². The highest BCUT2D eigenvalue weighted by Crippen LogP contribution is 2.29. The molecule has 16 heavy (non-hydrogen) atoms. The lowest BCUT2D eigenvalue weighted by Crippen LogP contribution is -2.17. The Labute approximate surface area is 106 Å². The van der Waals surface area contributed by atoms with Crippen molar-refractivity contribution in [3.63, 3.8) is 0 Å². The molecule has 1 unspecified atom stereocenters. The first-order chi connectivity index (χ1) is 7.58. The highest BCUT2D eigenvalue weighted by Gasteiger charge is 2.09. The smallest absolute Gasteiger partial charge is 0.0643 e. The number of rotatable bonds is 4. The van der Waals surface area contributed by atoms with Gasteiger partial charge in [-0.3, -0.25) is 0 Å². The number of nitriles is 1. The lowest BCUT2D eigenvalue weighted by molar-refractivity contribution is 0.711. The van der Waals surface area contributed by atoms with Crippen LogP contribution in [0.15, 0.2) is 12.1 Å². The average molecular weight is 257 g/mol. The van der Waals surface area contributed by atoms with Crippen LogP contribution in [0, 0.1) is 18.3 Å². The highest BCUT2D eigenvalue weighted by atomic mass is 35.5. The van der Waals surface area contributed by atoms with Gasteiger partial charge in [0.15, 0.2) is 0 Å². The first-order valence-electron chi connectivity index (χ1n) is 5.17. The van der Waals surface area contributed by atoms with Crippen LogP contribution in [0.1, 0.15) is 25.3 Å². The minimum absolute atomic E-state index is 0.112. The van der Waals surface area contributed by atoms with E-state index in [1.165, 1.54) is 0 Å². The molecule has 0 saturated carbocycles. The molecule has 0 aromatic heterocycles. The van der Waals surface area contributed by atoms with Gasteiger partial charge in [0.1, 0.15) is 0 Å². The van der Waals surface area contributed by atoms with Gasteiger partial charge in [0.05, 0.1) is 23.2 Å². The minimum Gasteiger partial charge on any atom is -0.380 e. The van der Waals surface area contributed by atoms with E-state index >= 15 is 0 Å². The van der Waals surface area contributed by atoms with Crippen LogP contribution in [0.25, 0.3) is 0 Å². The van der Waals surface area contributed by atoms with Crippen LogP contribution in [0.3, 0.4) is 0 Å². The number of hydrogen-bond acceptors (Lipinski definition) is 2. The summed E-state index contributed by atoms with van der Waals surface area (Å²) >= 11 is 12.1. The van der Waals surface area contributed by atoms with Crippen molar-refractivity contribution < 1.29 is 0 Å². The van der Waals surface area contributed by atoms with Crippen molar-refractivity contribution in [2.75, 3.05) is 5.32 Å². The van der Waals surface area contributed by atoms with Crippen LogP contribution >= 0.6 is 23.2 Å². The van der Waals surface area contributed by atoms with Crippen molar-refractivity contribution in [1.82, 2.24) is 0 Å². The first kappa shape index (κ1) is 13.2. The fraction of sp³-hybridized carbons (Fsp3) is 0.417. The van der Waals surface area contributed by atoms with E-state index in [2.05, 4.69) is 11.4 Å². The van der Waals surface area contributed by atoms with Gasteiger partial charge in [-0.2, -0.15) is 5.26 Å². The number of anilines is 1. The Morgan fingerprint density at radius 1 is 1.38 bits per heavy atom. The van der Waals surface area contributed by atoms with Crippen molar-refractivity contribution >= 4 is 28.9 Å². The third-order valence-electron chi connectivity index (χ3n) is 2.44. The molecule has 1 aromatic rings. The van der Waals surface area contributed by atoms with Gasteiger partial charge in [0.2, 0.25) is 0 Å². The Kier molecular flexibility index (Phi) is 4.92. The van der Waals surface area contributed by atoms with E-state index in [1.54, 1.807) is 6.07 Å². The quantitative estimate of drug-likeness (QED) is 0.867. The molecule has 2 nitrogen and oxygen atoms in total. The molecule has 0 aliphatic carbocycles. The Hall–Kier alpha value is -0.910. The normalized spacial score (nSPS) is 11.9. The summed E-state index contributed by atoms with van der Waals surface area (Å²) in [6.07, 6.45) is 1.33. The second kappa shape index (κ2) is 5.98. The summed E-state index contributed by atoms with van der Waals surface area (Å²) in [5, 5.41) is 13.2. The summed E-state index contributed by atoms with van der Waals surface area (Å²) in [5.41, 5.74) is 1.74. The van der Waals surface area contributed by atoms with E-state index in [4.69, 9.17) is 28.5 Å². The van der Waals surface area contributed by atoms with E-state index in [-0.39, 0.29) is 6.04 Å². The molecule has 0 saturated heterocycles. The molecule has 0 amide bonds. The monoisotopic (exact) mass is 256 g/mol. The third kappa shape index (κ3) is 3.30. The third-order valence-corrected chi connectivity index (χ3v) is 3.16. The molecule has 0 spiro atoms. The summed E-state index contributed by atoms with van der Waals surface area (Å²) < 4.78 is 0. The molecule has 86 valence electrons. The standard InChI is InChI=1S/C12H14Cl2N2/c1-3-9(4-5-15)16-12-7-10(13)8(2)6-11(12)14/h6-7,9,16H,3-4H2,1-2H3. The molecule has 0 heterocycles. The summed E-state index contributed by atoms with van der Waals surface area (Å²) in [5.74, 6) is 0. The Bertz CT molecular complexity index is 410. The predicted octanol–water partition coefficient (Wildman–Crippen LogP) is 4.41. The SMILES string of the molecule is CCC(CC#N)Nc1cc(Cl)c(C)cc1Cl. The molecular formula is C12H14Cl2N2. The van der Waals surface area contributed by atoms with E-state index < -0.39 is 0 Å². The van der Waals surface area contributed by atoms with E-state index in [9.17, 15) is 0 Å². The molecule has 0 radical (unpaired) electrons. The molecule has 1 rings (SSSR count). The number of nitrogens with zero attached hydrogens (tertiary/aromatic N) is 1. The highest BCUT2D eigenvalue weighted by molar-refractivity contribution is 6.35. The zero-order valence-electron chi connectivity index (χ0n) is 9.35. The average Bonchev–Trinajstić information content (AvgIpc) is 2.25. The van der Waals surface area contributed by atoms with Crippen molar-refractivity contribution in [2.45, 2.75) is 32.7 Å². The summed E-state index contributed by atoms with van der Waals surface area (Å²) in [7, 11) is 0. The Morgan fingerprint density at radius 2 is 2.06 bits per heavy atom. The second-order valence-corrected chi connectivity index (χ2v) is 4.51. The molecule has 0 aliphatic rings. The fourth-order valence-corrected chi connectivity index (χ4v) is 1.82. The van der Waals surface area contributed by atoms with Crippen LogP contribution in [0.5, 0.6) is 0 Å². The van der Waals surface area contributed by atoms with Crippen molar-refractivity contribution in [3.8, 4) is 6.07 Å². The van der Waals surface area contributed by atoms with Crippen LogP contribution < -0.4 is 5.32 Å². The van der Waals surface area contributed by atoms with Gasteiger partial charge in [0, 0.05) is 11.1 Å². The second-order valence-electron chi connectivity index (χ2n) is 3.69. The predicted molar refractivity (Wildman–Crippen MR) is 69.1 cm³/mol. The van der Waals surface area contributed by atoms with Crippen LogP contribution in [-0.2, 0) is 0 Å². The van der Waals surface area contributed by atoms with Crippen LogP contribution in [0.2, 0.25) is 10.0 Å². The molecule has 4 heteroatoms. The van der Waals surface area contributed by atoms with Gasteiger partial charge in [-0.1, -0.05) is 30.1 Å². The topological polar surface area (TPSA) is 35.8 Å². The van der Waals surface area contributed by atoms with Gasteiger partial charge >= 0.3 is 0 Å². The maximum absolute atomic E-state index is 8.66. The van der Waals surface area contributed by atoms with Crippen molar-refractivity contribution in [2.24, 2.45) is 0 Å². The zero-order chi connectivity index (χ0) is 12.1. The van der Waals surface area contributed by atoms with Crippen molar-refractivity contribution in [3.05, 3.63) is 27.7 Å². The number of halogens is 2. The molecule has 0 aliphatic heterocycles. The Morgan fingerprint density at radius 3 is 2.62 bits per heavy atom. The lowest BCUT2D eigenvalue weighted by Gasteiger charge is -2.17. The largest absolute Gasteiger partial charge is 0.380 e. The zero-order valence-corrected chi connectivity index (χ0v) is 10.9. The van der Waals surface area contributed by atoms with Crippen LogP contribution in [-0.4, -0.2) is 6.04 Å². The van der Waals surface area contributed by atoms with E-state index in [1.807, 2.05) is 19.9 Å². The molecule has 1 N–H and O–H groups in total. The lowest BCUT2D eigenvalue weighted by atomic mass is 10.1. The maximum atomic E-state index is 8.66. The summed E-state index contributed by atoms with van der Waals surface area (Å²) in [6.45, 7) is 3.93. The van der Waals surface area contributed by atoms with Crippen LogP contribution in [0.4, 0.5) is 5.69 Å². The van der Waals surface area contributed by atoms with Gasteiger partial charge < -0.3 is 5.32 Å². The Balaban J connectivity index is 2.88. The molecule has 1 aromatic carbocycles. The number of aryl methyl sites for hydroxylation is 1. The number of nitrogens with one attached hydrogen (secondary N) is 1. The molecule has 0 fully saturated rings. The maximum Gasteiger partial charge on any atom is 0.0643 e. The number of benzene rings is 1. The molecule has 1 atom stereocenters. The van der Waals surface area contributed by atoms with Gasteiger partial charge in [-0.15, -0.1) is 0 Å². The fourth-order valence-electron chi connectivity index (χ4n) is 1.38.